The van der Waals surface area contributed by atoms with E-state index < -0.39 is 23.2 Å². The van der Waals surface area contributed by atoms with Crippen LogP contribution in [0.1, 0.15) is 11.3 Å². The van der Waals surface area contributed by atoms with E-state index in [0.29, 0.717) is 22.6 Å². The highest BCUT2D eigenvalue weighted by Crippen LogP contribution is 2.41. The zero-order valence-corrected chi connectivity index (χ0v) is 18.6. The van der Waals surface area contributed by atoms with E-state index in [1.165, 1.54) is 5.69 Å². The number of likely N-dealkylation sites (N-methyl/N-ethyl adjacent to an activating group) is 1. The molecule has 0 radical (unpaired) electrons. The topological polar surface area (TPSA) is 120 Å². The van der Waals surface area contributed by atoms with Gasteiger partial charge in [-0.05, 0) is 19.2 Å². The maximum absolute atomic E-state index is 12.5. The third kappa shape index (κ3) is 3.81. The van der Waals surface area contributed by atoms with E-state index in [1.807, 2.05) is 19.2 Å². The number of carbonyl (C=O) groups is 1. The fourth-order valence-corrected chi connectivity index (χ4v) is 4.65. The first-order valence-electron chi connectivity index (χ1n) is 10.9. The lowest BCUT2D eigenvalue weighted by Crippen LogP contribution is -2.44. The van der Waals surface area contributed by atoms with Gasteiger partial charge in [-0.15, -0.1) is 0 Å². The zero-order chi connectivity index (χ0) is 23.3. The van der Waals surface area contributed by atoms with Crippen molar-refractivity contribution in [1.29, 1.82) is 0 Å². The minimum atomic E-state index is -1.67. The van der Waals surface area contributed by atoms with Gasteiger partial charge in [0.25, 0.3) is 5.56 Å². The number of rotatable bonds is 3. The molecule has 2 aliphatic rings. The molecule has 1 saturated heterocycles. The van der Waals surface area contributed by atoms with Crippen molar-refractivity contribution >= 4 is 17.1 Å². The lowest BCUT2D eigenvalue weighted by Gasteiger charge is -2.32. The molecule has 3 aromatic rings. The highest BCUT2D eigenvalue weighted by molar-refractivity contribution is 5.90. The number of aromatic amines is 1. The first-order chi connectivity index (χ1) is 15.8. The minimum Gasteiger partial charge on any atom is -0.504 e. The van der Waals surface area contributed by atoms with Gasteiger partial charge in [-0.1, -0.05) is 0 Å². The standard InChI is InChI=1S/C23H26N4O6/c1-25-4-6-27(7-5-25)12-14-9-13-10-16-18(11-17(13)26(14)2)32-8-3-15-19(16)24-22(29)21(20(15)28)33-23(30)31/h9-11H,3-8,12H2,1-2H3,(H,30,31)(H2,24,28,29). The molecule has 0 spiro atoms. The molecule has 1 fully saturated rings. The van der Waals surface area contributed by atoms with Crippen LogP contribution in [0.3, 0.4) is 0 Å². The molecule has 3 N–H and O–H groups in total. The second-order valence-corrected chi connectivity index (χ2v) is 8.63. The zero-order valence-electron chi connectivity index (χ0n) is 18.6. The van der Waals surface area contributed by atoms with Crippen molar-refractivity contribution in [3.05, 3.63) is 39.8 Å². The maximum Gasteiger partial charge on any atom is 0.511 e. The Kier molecular flexibility index (Phi) is 5.26. The fourth-order valence-electron chi connectivity index (χ4n) is 4.65. The number of aromatic nitrogens is 2. The number of fused-ring (bicyclic) bond motifs is 4. The molecule has 10 nitrogen and oxygen atoms in total. The van der Waals surface area contributed by atoms with Crippen LogP contribution >= 0.6 is 0 Å². The molecule has 4 heterocycles. The number of nitrogens with one attached hydrogen (secondary N) is 1. The summed E-state index contributed by atoms with van der Waals surface area (Å²) in [5.74, 6) is -0.507. The molecule has 0 amide bonds. The molecule has 0 unspecified atom stereocenters. The Labute approximate surface area is 189 Å². The van der Waals surface area contributed by atoms with Crippen molar-refractivity contribution in [2.75, 3.05) is 39.8 Å². The summed E-state index contributed by atoms with van der Waals surface area (Å²) < 4.78 is 12.6. The molecule has 0 atom stereocenters. The number of H-pyrrole nitrogens is 1. The lowest BCUT2D eigenvalue weighted by atomic mass is 10.0. The van der Waals surface area contributed by atoms with Gasteiger partial charge in [0, 0.05) is 74.5 Å². The third-order valence-electron chi connectivity index (χ3n) is 6.54. The molecule has 33 heavy (non-hydrogen) atoms. The number of carboxylic acid groups (broad SMARTS) is 1. The number of nitrogens with zero attached hydrogens (tertiary/aromatic N) is 3. The summed E-state index contributed by atoms with van der Waals surface area (Å²) in [6, 6.07) is 6.03. The summed E-state index contributed by atoms with van der Waals surface area (Å²) in [6.07, 6.45) is -1.38. The predicted molar refractivity (Wildman–Crippen MR) is 121 cm³/mol. The Hall–Kier alpha value is -3.50. The number of piperazine rings is 1. The van der Waals surface area contributed by atoms with E-state index in [9.17, 15) is 14.7 Å². The van der Waals surface area contributed by atoms with Gasteiger partial charge in [0.15, 0.2) is 5.75 Å². The number of ether oxygens (including phenoxy) is 2. The summed E-state index contributed by atoms with van der Waals surface area (Å²) in [6.45, 7) is 5.24. The van der Waals surface area contributed by atoms with Gasteiger partial charge in [-0.2, -0.15) is 0 Å². The first-order valence-corrected chi connectivity index (χ1v) is 10.9. The molecule has 0 bridgehead atoms. The van der Waals surface area contributed by atoms with Gasteiger partial charge < -0.3 is 34.1 Å². The molecule has 5 rings (SSSR count). The molecular weight excluding hydrogens is 428 g/mol. The number of pyridine rings is 1. The predicted octanol–water partition coefficient (Wildman–Crippen LogP) is 1.98. The average molecular weight is 454 g/mol. The van der Waals surface area contributed by atoms with E-state index in [0.717, 1.165) is 43.6 Å². The van der Waals surface area contributed by atoms with Gasteiger partial charge in [-0.3, -0.25) is 9.69 Å². The normalized spacial score (nSPS) is 16.7. The highest BCUT2D eigenvalue weighted by atomic mass is 16.7. The first kappa shape index (κ1) is 21.4. The summed E-state index contributed by atoms with van der Waals surface area (Å²) in [5, 5.41) is 20.5. The summed E-state index contributed by atoms with van der Waals surface area (Å²) in [4.78, 5) is 30.9. The van der Waals surface area contributed by atoms with E-state index in [2.05, 4.69) is 37.2 Å². The lowest BCUT2D eigenvalue weighted by molar-refractivity contribution is 0.142. The van der Waals surface area contributed by atoms with Crippen molar-refractivity contribution in [2.45, 2.75) is 13.0 Å². The Bertz CT molecular complexity index is 1300. The third-order valence-corrected chi connectivity index (χ3v) is 6.54. The highest BCUT2D eigenvalue weighted by Gasteiger charge is 2.26. The fraction of sp³-hybridized carbons (Fsp3) is 0.391. The molecule has 10 heteroatoms. The van der Waals surface area contributed by atoms with E-state index in [1.54, 1.807) is 0 Å². The number of aryl methyl sites for hydroxylation is 1. The van der Waals surface area contributed by atoms with Gasteiger partial charge in [0.05, 0.1) is 17.8 Å². The average Bonchev–Trinajstić information content (AvgIpc) is 2.96. The van der Waals surface area contributed by atoms with E-state index >= 15 is 0 Å². The molecule has 0 saturated carbocycles. The SMILES string of the molecule is CN1CCN(Cc2cc3cc4c(cc3n2C)OCCc2c-4[nH]c(=O)c(OC(=O)O)c2O)CC1. The van der Waals surface area contributed by atoms with Crippen LogP contribution in [0.25, 0.3) is 22.2 Å². The van der Waals surface area contributed by atoms with Crippen LogP contribution in [0.4, 0.5) is 4.79 Å². The van der Waals surface area contributed by atoms with Gasteiger partial charge in [0.1, 0.15) is 5.75 Å². The van der Waals surface area contributed by atoms with Crippen LogP contribution in [0, 0.1) is 0 Å². The Morgan fingerprint density at radius 1 is 1.18 bits per heavy atom. The second-order valence-electron chi connectivity index (χ2n) is 8.63. The second kappa shape index (κ2) is 8.13. The number of hydrogen-bond acceptors (Lipinski definition) is 7. The van der Waals surface area contributed by atoms with Crippen molar-refractivity contribution in [3.8, 4) is 28.5 Å². The molecule has 2 aliphatic heterocycles. The molecule has 174 valence electrons. The van der Waals surface area contributed by atoms with Crippen LogP contribution < -0.4 is 15.0 Å². The minimum absolute atomic E-state index is 0.260. The van der Waals surface area contributed by atoms with Gasteiger partial charge >= 0.3 is 6.16 Å². The number of aromatic hydroxyl groups is 1. The van der Waals surface area contributed by atoms with Crippen LogP contribution in [-0.4, -0.2) is 75.6 Å². The maximum atomic E-state index is 12.5. The summed E-state index contributed by atoms with van der Waals surface area (Å²) in [5.41, 5.74) is 2.81. The Morgan fingerprint density at radius 2 is 1.94 bits per heavy atom. The van der Waals surface area contributed by atoms with E-state index in [4.69, 9.17) is 9.84 Å². The van der Waals surface area contributed by atoms with Gasteiger partial charge in [-0.25, -0.2) is 4.79 Å². The van der Waals surface area contributed by atoms with E-state index in [-0.39, 0.29) is 13.0 Å². The Balaban J connectivity index is 1.57. The Morgan fingerprint density at radius 3 is 2.67 bits per heavy atom. The smallest absolute Gasteiger partial charge is 0.504 e. The molecule has 2 aromatic heterocycles. The molecule has 0 aliphatic carbocycles. The monoisotopic (exact) mass is 454 g/mol. The van der Waals surface area contributed by atoms with Crippen LogP contribution in [0.5, 0.6) is 17.2 Å². The summed E-state index contributed by atoms with van der Waals surface area (Å²) in [7, 11) is 4.17. The van der Waals surface area contributed by atoms with Crippen molar-refractivity contribution in [1.82, 2.24) is 19.4 Å². The van der Waals surface area contributed by atoms with Crippen molar-refractivity contribution < 1.29 is 24.5 Å². The van der Waals surface area contributed by atoms with Gasteiger partial charge in [0.2, 0.25) is 5.75 Å². The van der Waals surface area contributed by atoms with Crippen LogP contribution in [0.15, 0.2) is 23.0 Å². The quantitative estimate of drug-likeness (QED) is 0.514. The molecular formula is C23H26N4O6. The molecule has 1 aromatic carbocycles. The van der Waals surface area contributed by atoms with Crippen molar-refractivity contribution in [3.63, 3.8) is 0 Å². The van der Waals surface area contributed by atoms with Crippen LogP contribution in [-0.2, 0) is 20.0 Å². The summed E-state index contributed by atoms with van der Waals surface area (Å²) >= 11 is 0. The number of benzene rings is 1. The largest absolute Gasteiger partial charge is 0.511 e. The van der Waals surface area contributed by atoms with Crippen LogP contribution in [0.2, 0.25) is 0 Å². The number of hydrogen-bond donors (Lipinski definition) is 3. The van der Waals surface area contributed by atoms with Crippen molar-refractivity contribution in [2.24, 2.45) is 7.05 Å².